The molecule has 1 atom stereocenters. The number of benzene rings is 2. The number of para-hydroxylation sites is 2. The second-order valence-electron chi connectivity index (χ2n) is 5.19. The Labute approximate surface area is 139 Å². The number of tetrazole rings is 1. The van der Waals surface area contributed by atoms with Gasteiger partial charge in [0.25, 0.3) is 0 Å². The maximum absolute atomic E-state index is 12.7. The Balaban J connectivity index is 1.85. The van der Waals surface area contributed by atoms with Crippen LogP contribution in [0.25, 0.3) is 0 Å². The highest BCUT2D eigenvalue weighted by Gasteiger charge is 2.26. The average Bonchev–Trinajstić information content (AvgIpc) is 3.15. The number of ether oxygens (including phenoxy) is 1. The van der Waals surface area contributed by atoms with Gasteiger partial charge in [0.05, 0.1) is 7.11 Å². The van der Waals surface area contributed by atoms with Crippen molar-refractivity contribution in [1.82, 2.24) is 20.6 Å². The number of aromatic nitrogens is 4. The number of nitrogens with one attached hydrogen (secondary N) is 2. The molecule has 122 valence electrons. The van der Waals surface area contributed by atoms with E-state index in [9.17, 15) is 4.79 Å². The van der Waals surface area contributed by atoms with E-state index in [0.717, 1.165) is 17.0 Å². The van der Waals surface area contributed by atoms with Gasteiger partial charge in [-0.15, -0.1) is 10.2 Å². The number of methoxy groups -OCH3 is 1. The number of H-pyrrole nitrogens is 1. The van der Waals surface area contributed by atoms with Gasteiger partial charge in [0.15, 0.2) is 5.82 Å². The van der Waals surface area contributed by atoms with Gasteiger partial charge in [0.1, 0.15) is 11.7 Å². The topological polar surface area (TPSA) is 92.8 Å². The van der Waals surface area contributed by atoms with E-state index in [2.05, 4.69) is 25.9 Å². The summed E-state index contributed by atoms with van der Waals surface area (Å²) in [7, 11) is 1.60. The lowest BCUT2D eigenvalue weighted by atomic mass is 9.97. The Bertz CT molecular complexity index is 790. The Morgan fingerprint density at radius 3 is 2.62 bits per heavy atom. The first kappa shape index (κ1) is 15.7. The van der Waals surface area contributed by atoms with Gasteiger partial charge in [-0.2, -0.15) is 5.21 Å². The summed E-state index contributed by atoms with van der Waals surface area (Å²) in [6.07, 6.45) is 0.405. The summed E-state index contributed by atoms with van der Waals surface area (Å²) in [5, 5.41) is 16.8. The second-order valence-corrected chi connectivity index (χ2v) is 5.19. The molecule has 0 radical (unpaired) electrons. The summed E-state index contributed by atoms with van der Waals surface area (Å²) < 4.78 is 5.37. The van der Waals surface area contributed by atoms with Crippen LogP contribution >= 0.6 is 0 Å². The van der Waals surface area contributed by atoms with Gasteiger partial charge in [-0.3, -0.25) is 4.79 Å². The summed E-state index contributed by atoms with van der Waals surface area (Å²) in [5.74, 6) is 0.279. The minimum absolute atomic E-state index is 0.200. The summed E-state index contributed by atoms with van der Waals surface area (Å²) in [5.41, 5.74) is 1.62. The third-order valence-corrected chi connectivity index (χ3v) is 3.65. The van der Waals surface area contributed by atoms with E-state index >= 15 is 0 Å². The molecular weight excluding hydrogens is 306 g/mol. The van der Waals surface area contributed by atoms with Crippen molar-refractivity contribution < 1.29 is 9.53 Å². The minimum atomic E-state index is -0.583. The predicted molar refractivity (Wildman–Crippen MR) is 88.7 cm³/mol. The molecule has 0 saturated heterocycles. The fourth-order valence-electron chi connectivity index (χ4n) is 2.46. The van der Waals surface area contributed by atoms with Crippen molar-refractivity contribution in [3.8, 4) is 5.75 Å². The van der Waals surface area contributed by atoms with Gasteiger partial charge in [0, 0.05) is 5.69 Å². The molecule has 24 heavy (non-hydrogen) atoms. The third-order valence-electron chi connectivity index (χ3n) is 3.65. The number of carbonyl (C=O) groups is 1. The molecule has 0 aliphatic carbocycles. The zero-order valence-electron chi connectivity index (χ0n) is 13.1. The summed E-state index contributed by atoms with van der Waals surface area (Å²) in [4.78, 5) is 12.7. The molecule has 0 spiro atoms. The molecule has 2 aromatic carbocycles. The number of hydrogen-bond acceptors (Lipinski definition) is 5. The third kappa shape index (κ3) is 3.57. The molecule has 0 aliphatic rings. The van der Waals surface area contributed by atoms with Crippen LogP contribution in [0.4, 0.5) is 5.69 Å². The van der Waals surface area contributed by atoms with Crippen LogP contribution in [0, 0.1) is 0 Å². The van der Waals surface area contributed by atoms with Crippen molar-refractivity contribution in [2.75, 3.05) is 12.4 Å². The van der Waals surface area contributed by atoms with Crippen LogP contribution in [0.15, 0.2) is 54.6 Å². The maximum atomic E-state index is 12.7. The quantitative estimate of drug-likeness (QED) is 0.725. The molecule has 0 bridgehead atoms. The zero-order valence-corrected chi connectivity index (χ0v) is 13.1. The SMILES string of the molecule is COc1ccccc1CC(C(=O)Nc1ccccc1)c1nn[nH]n1. The molecule has 1 amide bonds. The van der Waals surface area contributed by atoms with Gasteiger partial charge in [0.2, 0.25) is 5.91 Å². The summed E-state index contributed by atoms with van der Waals surface area (Å²) in [6, 6.07) is 16.8. The molecule has 0 saturated carbocycles. The number of carbonyl (C=O) groups excluding carboxylic acids is 1. The largest absolute Gasteiger partial charge is 0.496 e. The standard InChI is InChI=1S/C17H17N5O2/c1-24-15-10-6-5-7-12(15)11-14(16-19-21-22-20-16)17(23)18-13-8-3-2-4-9-13/h2-10,14H,11H2,1H3,(H,18,23)(H,19,20,21,22). The average molecular weight is 323 g/mol. The lowest BCUT2D eigenvalue weighted by Gasteiger charge is -2.15. The molecule has 1 heterocycles. The van der Waals surface area contributed by atoms with Crippen molar-refractivity contribution >= 4 is 11.6 Å². The first-order valence-corrected chi connectivity index (χ1v) is 7.49. The first-order chi connectivity index (χ1) is 11.8. The van der Waals surface area contributed by atoms with E-state index in [1.807, 2.05) is 54.6 Å². The fourth-order valence-corrected chi connectivity index (χ4v) is 2.46. The van der Waals surface area contributed by atoms with Gasteiger partial charge >= 0.3 is 0 Å². The monoisotopic (exact) mass is 323 g/mol. The van der Waals surface area contributed by atoms with E-state index in [1.165, 1.54) is 0 Å². The first-order valence-electron chi connectivity index (χ1n) is 7.49. The Hall–Kier alpha value is -3.22. The van der Waals surface area contributed by atoms with Crippen LogP contribution in [-0.2, 0) is 11.2 Å². The Kier molecular flexibility index (Phi) is 4.81. The maximum Gasteiger partial charge on any atom is 0.235 e. The van der Waals surface area contributed by atoms with Crippen LogP contribution in [0.1, 0.15) is 17.3 Å². The van der Waals surface area contributed by atoms with Crippen molar-refractivity contribution in [1.29, 1.82) is 0 Å². The Morgan fingerprint density at radius 1 is 1.17 bits per heavy atom. The molecule has 3 aromatic rings. The highest BCUT2D eigenvalue weighted by atomic mass is 16.5. The molecule has 2 N–H and O–H groups in total. The van der Waals surface area contributed by atoms with Crippen LogP contribution in [0.2, 0.25) is 0 Å². The van der Waals surface area contributed by atoms with Crippen LogP contribution < -0.4 is 10.1 Å². The fraction of sp³-hybridized carbons (Fsp3) is 0.176. The summed E-state index contributed by atoms with van der Waals surface area (Å²) in [6.45, 7) is 0. The smallest absolute Gasteiger partial charge is 0.235 e. The number of amides is 1. The highest BCUT2D eigenvalue weighted by Crippen LogP contribution is 2.25. The second kappa shape index (κ2) is 7.36. The number of aromatic amines is 1. The number of nitrogens with zero attached hydrogens (tertiary/aromatic N) is 3. The molecule has 1 aromatic heterocycles. The van der Waals surface area contributed by atoms with Crippen molar-refractivity contribution in [3.05, 3.63) is 66.0 Å². The Morgan fingerprint density at radius 2 is 1.92 bits per heavy atom. The molecule has 7 nitrogen and oxygen atoms in total. The predicted octanol–water partition coefficient (Wildman–Crippen LogP) is 2.17. The molecule has 0 fully saturated rings. The lowest BCUT2D eigenvalue weighted by Crippen LogP contribution is -2.24. The molecule has 7 heteroatoms. The zero-order chi connectivity index (χ0) is 16.8. The lowest BCUT2D eigenvalue weighted by molar-refractivity contribution is -0.117. The van der Waals surface area contributed by atoms with Crippen LogP contribution in [-0.4, -0.2) is 33.6 Å². The minimum Gasteiger partial charge on any atom is -0.496 e. The number of hydrogen-bond donors (Lipinski definition) is 2. The van der Waals surface area contributed by atoms with Crippen molar-refractivity contribution in [3.63, 3.8) is 0 Å². The summed E-state index contributed by atoms with van der Waals surface area (Å²) >= 11 is 0. The van der Waals surface area contributed by atoms with Gasteiger partial charge in [-0.1, -0.05) is 41.6 Å². The molecule has 3 rings (SSSR count). The van der Waals surface area contributed by atoms with Gasteiger partial charge < -0.3 is 10.1 Å². The highest BCUT2D eigenvalue weighted by molar-refractivity contribution is 5.95. The van der Waals surface area contributed by atoms with E-state index in [-0.39, 0.29) is 5.91 Å². The molecule has 1 unspecified atom stereocenters. The van der Waals surface area contributed by atoms with Gasteiger partial charge in [-0.25, -0.2) is 0 Å². The van der Waals surface area contributed by atoms with Crippen LogP contribution in [0.3, 0.4) is 0 Å². The van der Waals surface area contributed by atoms with E-state index in [0.29, 0.717) is 12.2 Å². The normalized spacial score (nSPS) is 11.7. The van der Waals surface area contributed by atoms with E-state index in [4.69, 9.17) is 4.74 Å². The van der Waals surface area contributed by atoms with E-state index < -0.39 is 5.92 Å². The van der Waals surface area contributed by atoms with E-state index in [1.54, 1.807) is 7.11 Å². The van der Waals surface area contributed by atoms with Crippen LogP contribution in [0.5, 0.6) is 5.75 Å². The number of anilines is 1. The van der Waals surface area contributed by atoms with Gasteiger partial charge in [-0.05, 0) is 30.2 Å². The molecular formula is C17H17N5O2. The van der Waals surface area contributed by atoms with Crippen molar-refractivity contribution in [2.45, 2.75) is 12.3 Å². The molecule has 0 aliphatic heterocycles. The number of rotatable bonds is 6. The van der Waals surface area contributed by atoms with Crippen molar-refractivity contribution in [2.24, 2.45) is 0 Å².